The fourth-order valence-corrected chi connectivity index (χ4v) is 3.47. The number of fused-ring (bicyclic) bond motifs is 1. The van der Waals surface area contributed by atoms with E-state index in [1.807, 2.05) is 49.6 Å². The Morgan fingerprint density at radius 3 is 2.92 bits per heavy atom. The van der Waals surface area contributed by atoms with Gasteiger partial charge in [0, 0.05) is 17.7 Å². The first-order chi connectivity index (χ1) is 12.0. The number of carbonyl (C=O) groups excluding carboxylic acids is 2. The van der Waals surface area contributed by atoms with Gasteiger partial charge in [0.2, 0.25) is 11.8 Å². The summed E-state index contributed by atoms with van der Waals surface area (Å²) in [6, 6.07) is 9.75. The quantitative estimate of drug-likeness (QED) is 0.892. The number of amides is 2. The predicted octanol–water partition coefficient (Wildman–Crippen LogP) is 3.27. The molecule has 3 rings (SSSR count). The normalized spacial score (nSPS) is 16.1. The average molecular weight is 358 g/mol. The van der Waals surface area contributed by atoms with Crippen LogP contribution in [0.5, 0.6) is 5.75 Å². The van der Waals surface area contributed by atoms with Crippen molar-refractivity contribution >= 4 is 28.8 Å². The summed E-state index contributed by atoms with van der Waals surface area (Å²) in [5, 5.41) is 4.83. The first-order valence-electron chi connectivity index (χ1n) is 8.39. The molecule has 5 nitrogen and oxygen atoms in total. The highest BCUT2D eigenvalue weighted by atomic mass is 32.1. The van der Waals surface area contributed by atoms with Crippen LogP contribution in [0.1, 0.15) is 30.2 Å². The van der Waals surface area contributed by atoms with Crippen LogP contribution in [-0.2, 0) is 16.1 Å². The minimum absolute atomic E-state index is 0.0479. The van der Waals surface area contributed by atoms with E-state index in [-0.39, 0.29) is 30.8 Å². The molecule has 2 heterocycles. The van der Waals surface area contributed by atoms with E-state index in [0.29, 0.717) is 13.1 Å². The number of rotatable bonds is 5. The molecule has 6 heteroatoms. The topological polar surface area (TPSA) is 58.6 Å². The van der Waals surface area contributed by atoms with Crippen molar-refractivity contribution in [2.75, 3.05) is 11.4 Å². The van der Waals surface area contributed by atoms with Crippen LogP contribution in [0.15, 0.2) is 35.7 Å². The van der Waals surface area contributed by atoms with Crippen LogP contribution < -0.4 is 15.0 Å². The highest BCUT2D eigenvalue weighted by molar-refractivity contribution is 7.09. The number of aryl methyl sites for hydroxylation is 1. The average Bonchev–Trinajstić information content (AvgIpc) is 3.11. The maximum absolute atomic E-state index is 12.6. The van der Waals surface area contributed by atoms with Crippen molar-refractivity contribution in [3.63, 3.8) is 0 Å². The second kappa shape index (κ2) is 7.70. The third-order valence-corrected chi connectivity index (χ3v) is 4.96. The molecular weight excluding hydrogens is 336 g/mol. The lowest BCUT2D eigenvalue weighted by atomic mass is 10.1. The van der Waals surface area contributed by atoms with Gasteiger partial charge in [-0.3, -0.25) is 9.59 Å². The summed E-state index contributed by atoms with van der Waals surface area (Å²) in [7, 11) is 0. The summed E-state index contributed by atoms with van der Waals surface area (Å²) in [5.74, 6) is 0.570. The van der Waals surface area contributed by atoms with Gasteiger partial charge in [0.15, 0.2) is 0 Å². The monoisotopic (exact) mass is 358 g/mol. The van der Waals surface area contributed by atoms with E-state index in [1.54, 1.807) is 16.2 Å². The summed E-state index contributed by atoms with van der Waals surface area (Å²) >= 11 is 1.60. The molecule has 0 saturated heterocycles. The van der Waals surface area contributed by atoms with Gasteiger partial charge in [0.05, 0.1) is 18.8 Å². The zero-order chi connectivity index (χ0) is 17.8. The Bertz CT molecular complexity index is 758. The number of anilines is 1. The van der Waals surface area contributed by atoms with Crippen molar-refractivity contribution in [1.82, 2.24) is 5.32 Å². The van der Waals surface area contributed by atoms with E-state index in [9.17, 15) is 9.59 Å². The molecule has 2 aromatic rings. The number of nitrogens with one attached hydrogen (secondary N) is 1. The Morgan fingerprint density at radius 1 is 1.32 bits per heavy atom. The minimum atomic E-state index is -0.104. The number of carbonyl (C=O) groups is 2. The van der Waals surface area contributed by atoms with Gasteiger partial charge in [-0.2, -0.15) is 0 Å². The van der Waals surface area contributed by atoms with E-state index < -0.39 is 0 Å². The molecule has 0 saturated carbocycles. The zero-order valence-corrected chi connectivity index (χ0v) is 15.3. The Kier molecular flexibility index (Phi) is 5.38. The van der Waals surface area contributed by atoms with E-state index in [2.05, 4.69) is 5.32 Å². The second-order valence-corrected chi connectivity index (χ2v) is 7.29. The molecule has 2 amide bonds. The van der Waals surface area contributed by atoms with Crippen molar-refractivity contribution in [2.24, 2.45) is 0 Å². The van der Waals surface area contributed by atoms with Crippen molar-refractivity contribution in [2.45, 2.75) is 39.3 Å². The predicted molar refractivity (Wildman–Crippen MR) is 99.0 cm³/mol. The van der Waals surface area contributed by atoms with Crippen LogP contribution in [-0.4, -0.2) is 24.5 Å². The molecule has 0 bridgehead atoms. The Hall–Kier alpha value is -2.34. The van der Waals surface area contributed by atoms with Gasteiger partial charge in [-0.1, -0.05) is 12.1 Å². The van der Waals surface area contributed by atoms with Crippen molar-refractivity contribution < 1.29 is 14.3 Å². The third kappa shape index (κ3) is 4.39. The van der Waals surface area contributed by atoms with E-state index >= 15 is 0 Å². The van der Waals surface area contributed by atoms with Crippen molar-refractivity contribution in [3.8, 4) is 5.75 Å². The largest absolute Gasteiger partial charge is 0.487 e. The van der Waals surface area contributed by atoms with Crippen LogP contribution >= 0.6 is 11.3 Å². The molecule has 1 atom stereocenters. The molecule has 25 heavy (non-hydrogen) atoms. The van der Waals surface area contributed by atoms with E-state index in [1.165, 1.54) is 0 Å². The van der Waals surface area contributed by atoms with Crippen LogP contribution in [0.25, 0.3) is 0 Å². The van der Waals surface area contributed by atoms with Gasteiger partial charge in [0.1, 0.15) is 11.9 Å². The highest BCUT2D eigenvalue weighted by Gasteiger charge is 2.27. The molecule has 1 aromatic carbocycles. The third-order valence-electron chi connectivity index (χ3n) is 4.08. The molecule has 132 valence electrons. The lowest BCUT2D eigenvalue weighted by Crippen LogP contribution is -2.42. The zero-order valence-electron chi connectivity index (χ0n) is 14.5. The summed E-state index contributed by atoms with van der Waals surface area (Å²) in [6.07, 6.45) is 0.319. The number of hydrogen-bond donors (Lipinski definition) is 1. The molecule has 0 spiro atoms. The first-order valence-corrected chi connectivity index (χ1v) is 9.27. The number of hydrogen-bond acceptors (Lipinski definition) is 4. The maximum Gasteiger partial charge on any atom is 0.227 e. The Balaban J connectivity index is 1.58. The summed E-state index contributed by atoms with van der Waals surface area (Å²) in [5.41, 5.74) is 1.87. The molecule has 1 aromatic heterocycles. The number of nitrogens with zero attached hydrogens (tertiary/aromatic N) is 1. The first kappa shape index (κ1) is 17.5. The standard InChI is InChI=1S/C19H22N2O3S/c1-13-5-6-17-16(10-13)21(12-14(2)24-17)19(23)8-7-18(22)20-11-15-4-3-9-25-15/h3-6,9-10,14H,7-8,11-12H2,1-2H3,(H,20,22)/t14-/m1/s1. The summed E-state index contributed by atoms with van der Waals surface area (Å²) in [6.45, 7) is 4.95. The molecule has 1 aliphatic heterocycles. The lowest BCUT2D eigenvalue weighted by molar-refractivity contribution is -0.125. The molecule has 0 unspecified atom stereocenters. The van der Waals surface area contributed by atoms with Gasteiger partial charge in [-0.05, 0) is 43.0 Å². The maximum atomic E-state index is 12.6. The number of benzene rings is 1. The summed E-state index contributed by atoms with van der Waals surface area (Å²) in [4.78, 5) is 27.5. The Morgan fingerprint density at radius 2 is 2.16 bits per heavy atom. The van der Waals surface area contributed by atoms with Crippen LogP contribution in [0, 0.1) is 6.92 Å². The lowest BCUT2D eigenvalue weighted by Gasteiger charge is -2.33. The van der Waals surface area contributed by atoms with Crippen LogP contribution in [0.2, 0.25) is 0 Å². The SMILES string of the molecule is Cc1ccc2c(c1)N(C(=O)CCC(=O)NCc1cccs1)C[C@@H](C)O2. The number of thiophene rings is 1. The molecular formula is C19H22N2O3S. The van der Waals surface area contributed by atoms with E-state index in [0.717, 1.165) is 21.9 Å². The van der Waals surface area contributed by atoms with Gasteiger partial charge in [0.25, 0.3) is 0 Å². The van der Waals surface area contributed by atoms with Crippen LogP contribution in [0.3, 0.4) is 0 Å². The fraction of sp³-hybridized carbons (Fsp3) is 0.368. The van der Waals surface area contributed by atoms with Gasteiger partial charge >= 0.3 is 0 Å². The van der Waals surface area contributed by atoms with E-state index in [4.69, 9.17) is 4.74 Å². The van der Waals surface area contributed by atoms with Gasteiger partial charge < -0.3 is 15.0 Å². The minimum Gasteiger partial charge on any atom is -0.487 e. The molecule has 0 fully saturated rings. The highest BCUT2D eigenvalue weighted by Crippen LogP contribution is 2.34. The molecule has 1 N–H and O–H groups in total. The van der Waals surface area contributed by atoms with Crippen molar-refractivity contribution in [1.29, 1.82) is 0 Å². The second-order valence-electron chi connectivity index (χ2n) is 6.26. The molecule has 0 radical (unpaired) electrons. The molecule has 1 aliphatic rings. The van der Waals surface area contributed by atoms with Crippen LogP contribution in [0.4, 0.5) is 5.69 Å². The summed E-state index contributed by atoms with van der Waals surface area (Å²) < 4.78 is 5.80. The number of ether oxygens (including phenoxy) is 1. The smallest absolute Gasteiger partial charge is 0.227 e. The van der Waals surface area contributed by atoms with Gasteiger partial charge in [-0.15, -0.1) is 11.3 Å². The van der Waals surface area contributed by atoms with Gasteiger partial charge in [-0.25, -0.2) is 0 Å². The Labute approximate surface area is 151 Å². The molecule has 0 aliphatic carbocycles. The fourth-order valence-electron chi connectivity index (χ4n) is 2.83. The van der Waals surface area contributed by atoms with Crippen molar-refractivity contribution in [3.05, 3.63) is 46.2 Å².